The van der Waals surface area contributed by atoms with Crippen LogP contribution in [0.4, 0.5) is 0 Å². The largest absolute Gasteiger partial charge is 0.313 e. The molecular weight excluding hydrogens is 222 g/mol. The van der Waals surface area contributed by atoms with E-state index >= 15 is 0 Å². The van der Waals surface area contributed by atoms with Crippen molar-refractivity contribution in [1.29, 1.82) is 0 Å². The monoisotopic (exact) mass is 243 g/mol. The molecule has 0 fully saturated rings. The second kappa shape index (κ2) is 5.83. The summed E-state index contributed by atoms with van der Waals surface area (Å²) in [6.45, 7) is 4.48. The predicted octanol–water partition coefficient (Wildman–Crippen LogP) is 3.18. The first-order valence-electron chi connectivity index (χ1n) is 6.48. The van der Waals surface area contributed by atoms with Gasteiger partial charge in [-0.3, -0.25) is 0 Å². The van der Waals surface area contributed by atoms with Crippen LogP contribution in [0.2, 0.25) is 0 Å². The third-order valence-electron chi connectivity index (χ3n) is 3.08. The number of hydrogen-bond donors (Lipinski definition) is 1. The Balaban J connectivity index is 2.19. The van der Waals surface area contributed by atoms with Gasteiger partial charge in [-0.15, -0.1) is 0 Å². The molecule has 1 N–H and O–H groups in total. The number of aromatic nitrogens is 2. The molecule has 18 heavy (non-hydrogen) atoms. The zero-order valence-corrected chi connectivity index (χ0v) is 11.3. The van der Waals surface area contributed by atoms with Gasteiger partial charge in [-0.25, -0.2) is 4.68 Å². The number of hydrogen-bond acceptors (Lipinski definition) is 2. The van der Waals surface area contributed by atoms with Crippen LogP contribution in [-0.2, 0) is 0 Å². The molecule has 1 aromatic carbocycles. The Kier molecular flexibility index (Phi) is 4.15. The molecular formula is C15H21N3. The van der Waals surface area contributed by atoms with Gasteiger partial charge in [-0.1, -0.05) is 32.0 Å². The SMILES string of the molecule is CNC(CC(C)C)c1cnn(-c2ccccc2)c1. The van der Waals surface area contributed by atoms with Crippen molar-refractivity contribution in [1.82, 2.24) is 15.1 Å². The fourth-order valence-corrected chi connectivity index (χ4v) is 2.13. The van der Waals surface area contributed by atoms with Crippen LogP contribution in [-0.4, -0.2) is 16.8 Å². The smallest absolute Gasteiger partial charge is 0.0645 e. The number of rotatable bonds is 5. The van der Waals surface area contributed by atoms with Crippen LogP contribution >= 0.6 is 0 Å². The molecule has 0 aliphatic rings. The second-order valence-corrected chi connectivity index (χ2v) is 5.02. The first-order chi connectivity index (χ1) is 8.70. The Morgan fingerprint density at radius 3 is 2.56 bits per heavy atom. The topological polar surface area (TPSA) is 29.9 Å². The van der Waals surface area contributed by atoms with Crippen molar-refractivity contribution in [3.05, 3.63) is 48.3 Å². The van der Waals surface area contributed by atoms with Crippen molar-refractivity contribution >= 4 is 0 Å². The van der Waals surface area contributed by atoms with E-state index in [0.29, 0.717) is 12.0 Å². The Hall–Kier alpha value is -1.61. The van der Waals surface area contributed by atoms with Gasteiger partial charge in [0.2, 0.25) is 0 Å². The van der Waals surface area contributed by atoms with Gasteiger partial charge in [0.05, 0.1) is 11.9 Å². The lowest BCUT2D eigenvalue weighted by Crippen LogP contribution is -2.17. The van der Waals surface area contributed by atoms with E-state index in [-0.39, 0.29) is 0 Å². The number of nitrogens with zero attached hydrogens (tertiary/aromatic N) is 2. The lowest BCUT2D eigenvalue weighted by Gasteiger charge is -2.16. The lowest BCUT2D eigenvalue weighted by atomic mass is 10.00. The fourth-order valence-electron chi connectivity index (χ4n) is 2.13. The summed E-state index contributed by atoms with van der Waals surface area (Å²) in [5, 5.41) is 7.80. The van der Waals surface area contributed by atoms with Crippen LogP contribution < -0.4 is 5.32 Å². The molecule has 1 heterocycles. The van der Waals surface area contributed by atoms with Gasteiger partial charge in [-0.05, 0) is 31.5 Å². The summed E-state index contributed by atoms with van der Waals surface area (Å²) in [5.41, 5.74) is 2.35. The first kappa shape index (κ1) is 12.8. The van der Waals surface area contributed by atoms with Gasteiger partial charge >= 0.3 is 0 Å². The van der Waals surface area contributed by atoms with Crippen LogP contribution in [0.25, 0.3) is 5.69 Å². The van der Waals surface area contributed by atoms with Gasteiger partial charge in [0.1, 0.15) is 0 Å². The molecule has 1 unspecified atom stereocenters. The summed E-state index contributed by atoms with van der Waals surface area (Å²) in [6, 6.07) is 10.6. The maximum absolute atomic E-state index is 4.44. The van der Waals surface area contributed by atoms with Crippen molar-refractivity contribution in [3.8, 4) is 5.69 Å². The van der Waals surface area contributed by atoms with E-state index < -0.39 is 0 Å². The molecule has 0 aliphatic carbocycles. The van der Waals surface area contributed by atoms with Gasteiger partial charge in [-0.2, -0.15) is 5.10 Å². The minimum atomic E-state index is 0.377. The highest BCUT2D eigenvalue weighted by molar-refractivity contribution is 5.31. The summed E-state index contributed by atoms with van der Waals surface area (Å²) in [5.74, 6) is 0.669. The Bertz CT molecular complexity index is 473. The molecule has 2 rings (SSSR count). The van der Waals surface area contributed by atoms with Crippen molar-refractivity contribution < 1.29 is 0 Å². The van der Waals surface area contributed by atoms with Crippen molar-refractivity contribution in [3.63, 3.8) is 0 Å². The number of benzene rings is 1. The summed E-state index contributed by atoms with van der Waals surface area (Å²) >= 11 is 0. The third-order valence-corrected chi connectivity index (χ3v) is 3.08. The first-order valence-corrected chi connectivity index (χ1v) is 6.48. The lowest BCUT2D eigenvalue weighted by molar-refractivity contribution is 0.456. The molecule has 2 aromatic rings. The van der Waals surface area contributed by atoms with E-state index in [1.54, 1.807) is 0 Å². The average Bonchev–Trinajstić information content (AvgIpc) is 2.86. The van der Waals surface area contributed by atoms with Crippen LogP contribution in [0.1, 0.15) is 31.9 Å². The van der Waals surface area contributed by atoms with E-state index in [2.05, 4.69) is 42.6 Å². The molecule has 0 bridgehead atoms. The molecule has 1 aromatic heterocycles. The van der Waals surface area contributed by atoms with Crippen molar-refractivity contribution in [2.24, 2.45) is 5.92 Å². The highest BCUT2D eigenvalue weighted by Gasteiger charge is 2.13. The minimum Gasteiger partial charge on any atom is -0.313 e. The van der Waals surface area contributed by atoms with Crippen molar-refractivity contribution in [2.75, 3.05) is 7.05 Å². The van der Waals surface area contributed by atoms with E-state index in [9.17, 15) is 0 Å². The zero-order chi connectivity index (χ0) is 13.0. The number of para-hydroxylation sites is 1. The van der Waals surface area contributed by atoms with Gasteiger partial charge in [0, 0.05) is 17.8 Å². The standard InChI is InChI=1S/C15H21N3/c1-12(2)9-15(16-3)13-10-17-18(11-13)14-7-5-4-6-8-14/h4-8,10-12,15-16H,9H2,1-3H3. The average molecular weight is 243 g/mol. The molecule has 0 radical (unpaired) electrons. The molecule has 0 amide bonds. The summed E-state index contributed by atoms with van der Waals surface area (Å²) < 4.78 is 1.93. The highest BCUT2D eigenvalue weighted by atomic mass is 15.3. The van der Waals surface area contributed by atoms with Gasteiger partial charge < -0.3 is 5.32 Å². The van der Waals surface area contributed by atoms with Crippen LogP contribution in [0.5, 0.6) is 0 Å². The quantitative estimate of drug-likeness (QED) is 0.874. The molecule has 3 heteroatoms. The molecule has 0 aliphatic heterocycles. The van der Waals surface area contributed by atoms with Crippen LogP contribution in [0.3, 0.4) is 0 Å². The maximum Gasteiger partial charge on any atom is 0.0645 e. The maximum atomic E-state index is 4.44. The van der Waals surface area contributed by atoms with Gasteiger partial charge in [0.15, 0.2) is 0 Å². The normalized spacial score (nSPS) is 12.9. The molecule has 0 saturated carbocycles. The molecule has 0 saturated heterocycles. The summed E-state index contributed by atoms with van der Waals surface area (Å²) in [4.78, 5) is 0. The molecule has 96 valence electrons. The minimum absolute atomic E-state index is 0.377. The number of nitrogens with one attached hydrogen (secondary N) is 1. The summed E-state index contributed by atoms with van der Waals surface area (Å²) in [6.07, 6.45) is 5.19. The third kappa shape index (κ3) is 2.99. The predicted molar refractivity (Wildman–Crippen MR) is 74.8 cm³/mol. The van der Waals surface area contributed by atoms with Crippen molar-refractivity contribution in [2.45, 2.75) is 26.3 Å². The second-order valence-electron chi connectivity index (χ2n) is 5.02. The van der Waals surface area contributed by atoms with E-state index in [1.165, 1.54) is 5.56 Å². The Morgan fingerprint density at radius 2 is 1.94 bits per heavy atom. The van der Waals surface area contributed by atoms with Crippen LogP contribution in [0, 0.1) is 5.92 Å². The van der Waals surface area contributed by atoms with E-state index in [1.807, 2.05) is 36.1 Å². The Morgan fingerprint density at radius 1 is 1.22 bits per heavy atom. The molecule has 0 spiro atoms. The van der Waals surface area contributed by atoms with E-state index in [4.69, 9.17) is 0 Å². The van der Waals surface area contributed by atoms with Crippen LogP contribution in [0.15, 0.2) is 42.7 Å². The van der Waals surface area contributed by atoms with E-state index in [0.717, 1.165) is 12.1 Å². The fraction of sp³-hybridized carbons (Fsp3) is 0.400. The molecule has 3 nitrogen and oxygen atoms in total. The highest BCUT2D eigenvalue weighted by Crippen LogP contribution is 2.21. The Labute approximate surface area is 109 Å². The van der Waals surface area contributed by atoms with Gasteiger partial charge in [0.25, 0.3) is 0 Å². The zero-order valence-electron chi connectivity index (χ0n) is 11.3. The molecule has 1 atom stereocenters. The summed E-state index contributed by atoms with van der Waals surface area (Å²) in [7, 11) is 2.01.